The van der Waals surface area contributed by atoms with Gasteiger partial charge in [-0.25, -0.2) is 4.39 Å². The molecule has 5 rings (SSSR count). The van der Waals surface area contributed by atoms with Gasteiger partial charge in [0.15, 0.2) is 0 Å². The Morgan fingerprint density at radius 3 is 2.14 bits per heavy atom. The standard InChI is InChI=1S/C29H34Cl2FN3O2/c30-25-18-23(19-26(31)24(25)20-35-12-10-29(28(35)37)8-2-1-3-9-29)21-4-6-22(7-5-21)27(36)34-16-14-33(13-11-32)15-17-34/h4-7,18-19H,1-3,8-17,20H2. The Morgan fingerprint density at radius 2 is 1.51 bits per heavy atom. The van der Waals surface area contributed by atoms with E-state index in [0.29, 0.717) is 54.9 Å². The number of rotatable bonds is 6. The summed E-state index contributed by atoms with van der Waals surface area (Å²) in [5.41, 5.74) is 3.03. The molecule has 0 atom stereocenters. The Morgan fingerprint density at radius 1 is 0.865 bits per heavy atom. The first kappa shape index (κ1) is 26.5. The number of amides is 2. The summed E-state index contributed by atoms with van der Waals surface area (Å²) in [4.78, 5) is 32.0. The Hall–Kier alpha value is -2.15. The summed E-state index contributed by atoms with van der Waals surface area (Å²) in [6, 6.07) is 11.2. The van der Waals surface area contributed by atoms with Crippen LogP contribution in [0.4, 0.5) is 4.39 Å². The molecule has 3 fully saturated rings. The zero-order valence-electron chi connectivity index (χ0n) is 21.2. The quantitative estimate of drug-likeness (QED) is 0.442. The van der Waals surface area contributed by atoms with Crippen LogP contribution in [0.25, 0.3) is 11.1 Å². The van der Waals surface area contributed by atoms with Gasteiger partial charge in [0.05, 0.1) is 5.41 Å². The molecule has 2 aromatic rings. The highest BCUT2D eigenvalue weighted by atomic mass is 35.5. The molecular formula is C29H34Cl2FN3O2. The van der Waals surface area contributed by atoms with Gasteiger partial charge in [-0.2, -0.15) is 0 Å². The maximum absolute atomic E-state index is 13.2. The number of alkyl halides is 1. The lowest BCUT2D eigenvalue weighted by atomic mass is 9.73. The molecule has 1 aliphatic carbocycles. The zero-order chi connectivity index (χ0) is 26.0. The van der Waals surface area contributed by atoms with Crippen LogP contribution in [0.2, 0.25) is 10.0 Å². The van der Waals surface area contributed by atoms with Crippen molar-refractivity contribution in [1.29, 1.82) is 0 Å². The predicted molar refractivity (Wildman–Crippen MR) is 146 cm³/mol. The third-order valence-corrected chi connectivity index (χ3v) is 9.10. The van der Waals surface area contributed by atoms with Crippen molar-refractivity contribution >= 4 is 35.0 Å². The van der Waals surface area contributed by atoms with Crippen molar-refractivity contribution in [2.24, 2.45) is 5.41 Å². The molecule has 2 saturated heterocycles. The summed E-state index contributed by atoms with van der Waals surface area (Å²) in [5, 5.41) is 1.09. The number of likely N-dealkylation sites (tertiary alicyclic amines) is 1. The Balaban J connectivity index is 1.25. The Kier molecular flexibility index (Phi) is 8.08. The molecule has 2 heterocycles. The molecule has 0 bridgehead atoms. The molecule has 2 amide bonds. The van der Waals surface area contributed by atoms with Crippen molar-refractivity contribution in [3.63, 3.8) is 0 Å². The number of piperazine rings is 1. The summed E-state index contributed by atoms with van der Waals surface area (Å²) < 4.78 is 12.6. The number of hydrogen-bond donors (Lipinski definition) is 0. The second-order valence-corrected chi connectivity index (χ2v) is 11.5. The van der Waals surface area contributed by atoms with Crippen LogP contribution in [0.5, 0.6) is 0 Å². The number of nitrogens with zero attached hydrogens (tertiary/aromatic N) is 3. The summed E-state index contributed by atoms with van der Waals surface area (Å²) >= 11 is 13.4. The van der Waals surface area contributed by atoms with Crippen molar-refractivity contribution in [2.75, 3.05) is 45.9 Å². The molecular weight excluding hydrogens is 512 g/mol. The highest BCUT2D eigenvalue weighted by Crippen LogP contribution is 2.45. The normalized spacial score (nSPS) is 20.1. The second-order valence-electron chi connectivity index (χ2n) is 10.6. The predicted octanol–water partition coefficient (Wildman–Crippen LogP) is 6.07. The molecule has 198 valence electrons. The van der Waals surface area contributed by atoms with Crippen LogP contribution in [0, 0.1) is 5.41 Å². The monoisotopic (exact) mass is 545 g/mol. The number of carbonyl (C=O) groups is 2. The summed E-state index contributed by atoms with van der Waals surface area (Å²) in [7, 11) is 0. The van der Waals surface area contributed by atoms with Gasteiger partial charge in [-0.05, 0) is 54.7 Å². The van der Waals surface area contributed by atoms with Crippen LogP contribution in [-0.2, 0) is 11.3 Å². The molecule has 2 aliphatic heterocycles. The number of carbonyl (C=O) groups excluding carboxylic acids is 2. The van der Waals surface area contributed by atoms with E-state index in [9.17, 15) is 14.0 Å². The van der Waals surface area contributed by atoms with Gasteiger partial charge >= 0.3 is 0 Å². The van der Waals surface area contributed by atoms with Crippen LogP contribution < -0.4 is 0 Å². The van der Waals surface area contributed by atoms with E-state index in [-0.39, 0.29) is 23.9 Å². The SMILES string of the molecule is O=C(c1ccc(-c2cc(Cl)c(CN3CCC4(CCCCC4)C3=O)c(Cl)c2)cc1)N1CCN(CCF)CC1. The van der Waals surface area contributed by atoms with E-state index in [1.54, 1.807) is 0 Å². The average Bonchev–Trinajstić information content (AvgIpc) is 3.20. The van der Waals surface area contributed by atoms with Gasteiger partial charge in [0.25, 0.3) is 5.91 Å². The first-order chi connectivity index (χ1) is 17.9. The third kappa shape index (κ3) is 5.52. The van der Waals surface area contributed by atoms with E-state index in [1.165, 1.54) is 6.42 Å². The minimum atomic E-state index is -0.360. The van der Waals surface area contributed by atoms with Gasteiger partial charge in [-0.3, -0.25) is 14.5 Å². The van der Waals surface area contributed by atoms with Crippen LogP contribution in [0.1, 0.15) is 54.4 Å². The number of benzene rings is 2. The van der Waals surface area contributed by atoms with Crippen molar-refractivity contribution in [1.82, 2.24) is 14.7 Å². The molecule has 0 N–H and O–H groups in total. The lowest BCUT2D eigenvalue weighted by Gasteiger charge is -2.34. The molecule has 37 heavy (non-hydrogen) atoms. The minimum absolute atomic E-state index is 0.0103. The lowest BCUT2D eigenvalue weighted by molar-refractivity contribution is -0.138. The third-order valence-electron chi connectivity index (χ3n) is 8.43. The molecule has 1 spiro atoms. The Bertz CT molecular complexity index is 1120. The largest absolute Gasteiger partial charge is 0.338 e. The maximum Gasteiger partial charge on any atom is 0.253 e. The van der Waals surface area contributed by atoms with Crippen LogP contribution in [0.3, 0.4) is 0 Å². The van der Waals surface area contributed by atoms with E-state index in [0.717, 1.165) is 55.3 Å². The van der Waals surface area contributed by atoms with E-state index >= 15 is 0 Å². The first-order valence-electron chi connectivity index (χ1n) is 13.4. The first-order valence-corrected chi connectivity index (χ1v) is 14.1. The zero-order valence-corrected chi connectivity index (χ0v) is 22.7. The molecule has 0 unspecified atom stereocenters. The van der Waals surface area contributed by atoms with Crippen molar-refractivity contribution < 1.29 is 14.0 Å². The summed E-state index contributed by atoms with van der Waals surface area (Å²) in [6.45, 7) is 3.86. The topological polar surface area (TPSA) is 43.9 Å². The van der Waals surface area contributed by atoms with Crippen molar-refractivity contribution in [2.45, 2.75) is 45.1 Å². The number of hydrogen-bond acceptors (Lipinski definition) is 3. The average molecular weight is 547 g/mol. The van der Waals surface area contributed by atoms with E-state index in [2.05, 4.69) is 0 Å². The molecule has 5 nitrogen and oxygen atoms in total. The number of halogens is 3. The van der Waals surface area contributed by atoms with Gasteiger partial charge < -0.3 is 9.80 Å². The van der Waals surface area contributed by atoms with Crippen molar-refractivity contribution in [3.8, 4) is 11.1 Å². The molecule has 3 aliphatic rings. The van der Waals surface area contributed by atoms with Crippen molar-refractivity contribution in [3.05, 3.63) is 57.6 Å². The smallest absolute Gasteiger partial charge is 0.253 e. The highest BCUT2D eigenvalue weighted by Gasteiger charge is 2.46. The van der Waals surface area contributed by atoms with Gasteiger partial charge in [0.1, 0.15) is 6.67 Å². The minimum Gasteiger partial charge on any atom is -0.338 e. The van der Waals surface area contributed by atoms with Crippen LogP contribution >= 0.6 is 23.2 Å². The van der Waals surface area contributed by atoms with Gasteiger partial charge in [-0.15, -0.1) is 0 Å². The van der Waals surface area contributed by atoms with Gasteiger partial charge in [0, 0.05) is 67.0 Å². The summed E-state index contributed by atoms with van der Waals surface area (Å²) in [5.74, 6) is 0.247. The van der Waals surface area contributed by atoms with E-state index < -0.39 is 0 Å². The Labute approximate surface area is 228 Å². The lowest BCUT2D eigenvalue weighted by Crippen LogP contribution is -2.49. The highest BCUT2D eigenvalue weighted by molar-refractivity contribution is 6.36. The van der Waals surface area contributed by atoms with Gasteiger partial charge in [0.2, 0.25) is 5.91 Å². The summed E-state index contributed by atoms with van der Waals surface area (Å²) in [6.07, 6.45) is 6.42. The molecule has 1 saturated carbocycles. The molecule has 2 aromatic carbocycles. The maximum atomic E-state index is 13.2. The fraction of sp³-hybridized carbons (Fsp3) is 0.517. The van der Waals surface area contributed by atoms with Crippen LogP contribution in [0.15, 0.2) is 36.4 Å². The fourth-order valence-corrected chi connectivity index (χ4v) is 6.74. The van der Waals surface area contributed by atoms with Gasteiger partial charge in [-0.1, -0.05) is 54.6 Å². The molecule has 8 heteroatoms. The van der Waals surface area contributed by atoms with E-state index in [1.807, 2.05) is 51.1 Å². The fourth-order valence-electron chi connectivity index (χ4n) is 6.13. The van der Waals surface area contributed by atoms with E-state index in [4.69, 9.17) is 23.2 Å². The molecule has 0 radical (unpaired) electrons. The second kappa shape index (κ2) is 11.3. The molecule has 0 aromatic heterocycles. The van der Waals surface area contributed by atoms with Crippen LogP contribution in [-0.4, -0.2) is 72.5 Å².